The van der Waals surface area contributed by atoms with E-state index in [0.717, 1.165) is 4.88 Å². The first kappa shape index (κ1) is 12.3. The van der Waals surface area contributed by atoms with Crippen LogP contribution in [0.1, 0.15) is 10.4 Å². The molecule has 2 aromatic rings. The Labute approximate surface area is 107 Å². The first-order chi connectivity index (χ1) is 8.58. The number of rotatable bonds is 4. The second kappa shape index (κ2) is 5.01. The molecule has 2 N–H and O–H groups in total. The van der Waals surface area contributed by atoms with Gasteiger partial charge in [-0.3, -0.25) is 14.3 Å². The quantitative estimate of drug-likeness (QED) is 0.862. The van der Waals surface area contributed by atoms with Gasteiger partial charge in [-0.05, 0) is 11.4 Å². The predicted octanol–water partition coefficient (Wildman–Crippen LogP) is 0.963. The molecule has 18 heavy (non-hydrogen) atoms. The number of hydrogen-bond donors (Lipinski definition) is 2. The van der Waals surface area contributed by atoms with Gasteiger partial charge in [-0.15, -0.1) is 11.3 Å². The van der Waals surface area contributed by atoms with Gasteiger partial charge in [-0.25, -0.2) is 0 Å². The van der Waals surface area contributed by atoms with E-state index < -0.39 is 18.4 Å². The average molecular weight is 265 g/mol. The van der Waals surface area contributed by atoms with Gasteiger partial charge in [0.1, 0.15) is 12.2 Å². The lowest BCUT2D eigenvalue weighted by Gasteiger charge is -2.01. The van der Waals surface area contributed by atoms with Crippen molar-refractivity contribution in [1.29, 1.82) is 0 Å². The number of thiophene rings is 1. The van der Waals surface area contributed by atoms with Crippen molar-refractivity contribution in [3.63, 3.8) is 0 Å². The fraction of sp³-hybridized carbons (Fsp3) is 0.182. The summed E-state index contributed by atoms with van der Waals surface area (Å²) in [5, 5.41) is 17.0. The van der Waals surface area contributed by atoms with Gasteiger partial charge in [0, 0.05) is 13.2 Å². The van der Waals surface area contributed by atoms with Crippen molar-refractivity contribution in [2.24, 2.45) is 7.05 Å². The van der Waals surface area contributed by atoms with E-state index in [0.29, 0.717) is 11.3 Å². The third-order valence-electron chi connectivity index (χ3n) is 2.23. The number of nitrogens with one attached hydrogen (secondary N) is 1. The molecule has 2 heterocycles. The Kier molecular flexibility index (Phi) is 3.42. The first-order valence-corrected chi connectivity index (χ1v) is 6.03. The van der Waals surface area contributed by atoms with Gasteiger partial charge < -0.3 is 10.4 Å². The lowest BCUT2D eigenvalue weighted by molar-refractivity contribution is -0.135. The fourth-order valence-corrected chi connectivity index (χ4v) is 2.22. The molecule has 0 saturated heterocycles. The Morgan fingerprint density at radius 2 is 2.33 bits per heavy atom. The molecular formula is C11H11N3O3S. The van der Waals surface area contributed by atoms with E-state index in [9.17, 15) is 9.59 Å². The topological polar surface area (TPSA) is 84.2 Å². The third-order valence-corrected chi connectivity index (χ3v) is 3.10. The highest BCUT2D eigenvalue weighted by atomic mass is 32.1. The Morgan fingerprint density at radius 3 is 2.94 bits per heavy atom. The zero-order valence-electron chi connectivity index (χ0n) is 9.58. The lowest BCUT2D eigenvalue weighted by atomic mass is 10.2. The molecule has 94 valence electrons. The number of aromatic nitrogens is 2. The summed E-state index contributed by atoms with van der Waals surface area (Å²) in [6.07, 6.45) is 1.58. The maximum atomic E-state index is 11.9. The van der Waals surface area contributed by atoms with Gasteiger partial charge >= 0.3 is 5.97 Å². The molecule has 0 bridgehead atoms. The number of aryl methyl sites for hydroxylation is 1. The van der Waals surface area contributed by atoms with Crippen LogP contribution in [0.4, 0.5) is 0 Å². The van der Waals surface area contributed by atoms with Crippen LogP contribution in [0.25, 0.3) is 10.6 Å². The zero-order valence-corrected chi connectivity index (χ0v) is 10.4. The van der Waals surface area contributed by atoms with Crippen molar-refractivity contribution in [3.8, 4) is 10.6 Å². The molecule has 1 amide bonds. The van der Waals surface area contributed by atoms with E-state index >= 15 is 0 Å². The second-order valence-corrected chi connectivity index (χ2v) is 4.57. The maximum absolute atomic E-state index is 11.9. The van der Waals surface area contributed by atoms with Crippen molar-refractivity contribution in [2.45, 2.75) is 0 Å². The second-order valence-electron chi connectivity index (χ2n) is 3.62. The Balaban J connectivity index is 2.28. The van der Waals surface area contributed by atoms with E-state index in [-0.39, 0.29) is 0 Å². The number of carboxylic acids is 1. The van der Waals surface area contributed by atoms with Crippen LogP contribution in [0, 0.1) is 0 Å². The smallest absolute Gasteiger partial charge is 0.322 e. The normalized spacial score (nSPS) is 10.3. The summed E-state index contributed by atoms with van der Waals surface area (Å²) < 4.78 is 1.53. The molecule has 0 spiro atoms. The largest absolute Gasteiger partial charge is 0.480 e. The summed E-state index contributed by atoms with van der Waals surface area (Å²) in [5.41, 5.74) is 0.941. The monoisotopic (exact) mass is 265 g/mol. The summed E-state index contributed by atoms with van der Waals surface area (Å²) in [7, 11) is 1.71. The van der Waals surface area contributed by atoms with Crippen molar-refractivity contribution in [3.05, 3.63) is 29.3 Å². The number of carbonyl (C=O) groups excluding carboxylic acids is 1. The van der Waals surface area contributed by atoms with Gasteiger partial charge in [0.2, 0.25) is 0 Å². The molecule has 0 atom stereocenters. The van der Waals surface area contributed by atoms with Crippen LogP contribution in [0.2, 0.25) is 0 Å². The maximum Gasteiger partial charge on any atom is 0.322 e. The van der Waals surface area contributed by atoms with Crippen LogP contribution in [0.5, 0.6) is 0 Å². The van der Waals surface area contributed by atoms with Gasteiger partial charge in [0.25, 0.3) is 5.91 Å². The van der Waals surface area contributed by atoms with Crippen LogP contribution in [-0.4, -0.2) is 33.3 Å². The highest BCUT2D eigenvalue weighted by Gasteiger charge is 2.18. The van der Waals surface area contributed by atoms with Crippen LogP contribution in [-0.2, 0) is 11.8 Å². The molecule has 0 aliphatic rings. The number of amides is 1. The molecule has 0 unspecified atom stereocenters. The minimum absolute atomic E-state index is 0.376. The minimum atomic E-state index is -1.08. The number of aliphatic carboxylic acids is 1. The van der Waals surface area contributed by atoms with Gasteiger partial charge in [-0.1, -0.05) is 6.07 Å². The molecule has 0 saturated carbocycles. The lowest BCUT2D eigenvalue weighted by Crippen LogP contribution is -2.29. The molecule has 6 nitrogen and oxygen atoms in total. The Bertz CT molecular complexity index is 574. The number of hydrogen-bond acceptors (Lipinski definition) is 4. The molecule has 0 fully saturated rings. The highest BCUT2D eigenvalue weighted by molar-refractivity contribution is 7.13. The first-order valence-electron chi connectivity index (χ1n) is 5.15. The van der Waals surface area contributed by atoms with Crippen molar-refractivity contribution < 1.29 is 14.7 Å². The number of carboxylic acid groups (broad SMARTS) is 1. The van der Waals surface area contributed by atoms with E-state index in [1.54, 1.807) is 13.2 Å². The van der Waals surface area contributed by atoms with E-state index in [4.69, 9.17) is 5.11 Å². The predicted molar refractivity (Wildman–Crippen MR) is 66.5 cm³/mol. The van der Waals surface area contributed by atoms with Crippen LogP contribution in [0.3, 0.4) is 0 Å². The van der Waals surface area contributed by atoms with Crippen LogP contribution in [0.15, 0.2) is 23.7 Å². The zero-order chi connectivity index (χ0) is 13.1. The molecule has 2 aromatic heterocycles. The molecule has 0 aliphatic carbocycles. The van der Waals surface area contributed by atoms with E-state index in [1.165, 1.54) is 16.0 Å². The summed E-state index contributed by atoms with van der Waals surface area (Å²) >= 11 is 1.47. The highest BCUT2D eigenvalue weighted by Crippen LogP contribution is 2.26. The molecule has 7 heteroatoms. The van der Waals surface area contributed by atoms with Gasteiger partial charge in [0.15, 0.2) is 0 Å². The van der Waals surface area contributed by atoms with E-state index in [1.807, 2.05) is 17.5 Å². The Morgan fingerprint density at radius 1 is 1.56 bits per heavy atom. The summed E-state index contributed by atoms with van der Waals surface area (Å²) in [6, 6.07) is 3.73. The molecule has 2 rings (SSSR count). The molecular weight excluding hydrogens is 254 g/mol. The van der Waals surface area contributed by atoms with E-state index in [2.05, 4.69) is 10.4 Å². The Hall–Kier alpha value is -2.15. The van der Waals surface area contributed by atoms with Crippen molar-refractivity contribution >= 4 is 23.2 Å². The SMILES string of the molecule is Cn1cc(C(=O)NCC(=O)O)c(-c2cccs2)n1. The van der Waals surface area contributed by atoms with Gasteiger partial charge in [0.05, 0.1) is 10.4 Å². The number of nitrogens with zero attached hydrogens (tertiary/aromatic N) is 2. The third kappa shape index (κ3) is 2.57. The summed E-state index contributed by atoms with van der Waals surface area (Å²) in [4.78, 5) is 23.1. The molecule has 0 radical (unpaired) electrons. The number of carbonyl (C=O) groups is 2. The van der Waals surface area contributed by atoms with Gasteiger partial charge in [-0.2, -0.15) is 5.10 Å². The molecule has 0 aliphatic heterocycles. The summed E-state index contributed by atoms with van der Waals surface area (Å²) in [5.74, 6) is -1.51. The average Bonchev–Trinajstić information content (AvgIpc) is 2.93. The summed E-state index contributed by atoms with van der Waals surface area (Å²) in [6.45, 7) is -0.405. The minimum Gasteiger partial charge on any atom is -0.480 e. The van der Waals surface area contributed by atoms with Crippen LogP contribution >= 0.6 is 11.3 Å². The van der Waals surface area contributed by atoms with Crippen molar-refractivity contribution in [2.75, 3.05) is 6.54 Å². The van der Waals surface area contributed by atoms with Crippen LogP contribution < -0.4 is 5.32 Å². The fourth-order valence-electron chi connectivity index (χ4n) is 1.50. The molecule has 0 aromatic carbocycles. The standard InChI is InChI=1S/C11H11N3O3S/c1-14-6-7(11(17)12-5-9(15)16)10(13-14)8-3-2-4-18-8/h2-4,6H,5H2,1H3,(H,12,17)(H,15,16). The van der Waals surface area contributed by atoms with Crippen molar-refractivity contribution in [1.82, 2.24) is 15.1 Å².